The van der Waals surface area contributed by atoms with Crippen LogP contribution in [0.1, 0.15) is 33.3 Å². The molecule has 150 valence electrons. The third kappa shape index (κ3) is 7.00. The van der Waals surface area contributed by atoms with E-state index in [-0.39, 0.29) is 24.0 Å². The standard InChI is InChI=1S/C22H27BrN2O3/c1-16(21(27)24-22(2,3)4)25(14-17-10-12-18(23)13-11-17)20(26)15-28-19-8-6-5-7-9-19/h5-13,16H,14-15H2,1-4H3,(H,24,27)/t16-/m1/s1. The van der Waals surface area contributed by atoms with Crippen LogP contribution in [0, 0.1) is 0 Å². The average Bonchev–Trinajstić information content (AvgIpc) is 2.64. The lowest BCUT2D eigenvalue weighted by Crippen LogP contribution is -2.53. The van der Waals surface area contributed by atoms with Crippen LogP contribution in [0.15, 0.2) is 59.1 Å². The zero-order valence-electron chi connectivity index (χ0n) is 16.7. The van der Waals surface area contributed by atoms with E-state index in [1.54, 1.807) is 24.0 Å². The van der Waals surface area contributed by atoms with E-state index >= 15 is 0 Å². The molecule has 2 amide bonds. The van der Waals surface area contributed by atoms with Gasteiger partial charge >= 0.3 is 0 Å². The maximum Gasteiger partial charge on any atom is 0.261 e. The Kier molecular flexibility index (Phi) is 7.63. The fourth-order valence-electron chi connectivity index (χ4n) is 2.59. The Morgan fingerprint density at radius 1 is 1.07 bits per heavy atom. The summed E-state index contributed by atoms with van der Waals surface area (Å²) in [4.78, 5) is 27.1. The van der Waals surface area contributed by atoms with E-state index in [0.717, 1.165) is 10.0 Å². The molecule has 0 aliphatic rings. The summed E-state index contributed by atoms with van der Waals surface area (Å²) in [5.41, 5.74) is 0.560. The lowest BCUT2D eigenvalue weighted by Gasteiger charge is -2.31. The van der Waals surface area contributed by atoms with Crippen LogP contribution in [0.25, 0.3) is 0 Å². The van der Waals surface area contributed by atoms with Crippen molar-refractivity contribution in [3.8, 4) is 5.75 Å². The second kappa shape index (κ2) is 9.73. The SMILES string of the molecule is C[C@H](C(=O)NC(C)(C)C)N(Cc1ccc(Br)cc1)C(=O)COc1ccccc1. The number of carbonyl (C=O) groups excluding carboxylic acids is 2. The normalized spacial score (nSPS) is 12.2. The molecule has 0 aliphatic heterocycles. The van der Waals surface area contributed by atoms with Crippen LogP contribution >= 0.6 is 15.9 Å². The fourth-order valence-corrected chi connectivity index (χ4v) is 2.85. The monoisotopic (exact) mass is 446 g/mol. The van der Waals surface area contributed by atoms with E-state index in [2.05, 4.69) is 21.2 Å². The maximum atomic E-state index is 12.9. The van der Waals surface area contributed by atoms with Crippen LogP contribution in [0.5, 0.6) is 5.75 Å². The Bertz CT molecular complexity index is 786. The topological polar surface area (TPSA) is 58.6 Å². The summed E-state index contributed by atoms with van der Waals surface area (Å²) < 4.78 is 6.56. The van der Waals surface area contributed by atoms with Crippen molar-refractivity contribution in [2.24, 2.45) is 0 Å². The number of amides is 2. The number of nitrogens with one attached hydrogen (secondary N) is 1. The van der Waals surface area contributed by atoms with Gasteiger partial charge in [-0.25, -0.2) is 0 Å². The third-order valence-electron chi connectivity index (χ3n) is 4.04. The molecule has 0 aliphatic carbocycles. The quantitative estimate of drug-likeness (QED) is 0.694. The molecule has 5 nitrogen and oxygen atoms in total. The molecule has 6 heteroatoms. The molecule has 0 radical (unpaired) electrons. The van der Waals surface area contributed by atoms with Crippen molar-refractivity contribution in [2.45, 2.75) is 45.8 Å². The fraction of sp³-hybridized carbons (Fsp3) is 0.364. The van der Waals surface area contributed by atoms with Crippen molar-refractivity contribution >= 4 is 27.7 Å². The van der Waals surface area contributed by atoms with Crippen molar-refractivity contribution < 1.29 is 14.3 Å². The summed E-state index contributed by atoms with van der Waals surface area (Å²) in [5.74, 6) is 0.173. The average molecular weight is 447 g/mol. The van der Waals surface area contributed by atoms with Gasteiger partial charge in [0.2, 0.25) is 5.91 Å². The smallest absolute Gasteiger partial charge is 0.261 e. The van der Waals surface area contributed by atoms with Gasteiger partial charge in [-0.05, 0) is 57.5 Å². The predicted molar refractivity (Wildman–Crippen MR) is 114 cm³/mol. The van der Waals surface area contributed by atoms with Crippen LogP contribution in [-0.4, -0.2) is 34.9 Å². The molecule has 0 saturated carbocycles. The van der Waals surface area contributed by atoms with Gasteiger partial charge in [0.1, 0.15) is 11.8 Å². The number of benzene rings is 2. The molecule has 0 heterocycles. The van der Waals surface area contributed by atoms with Crippen molar-refractivity contribution in [3.05, 3.63) is 64.6 Å². The highest BCUT2D eigenvalue weighted by Crippen LogP contribution is 2.16. The number of halogens is 1. The summed E-state index contributed by atoms with van der Waals surface area (Å²) in [5, 5.41) is 2.94. The van der Waals surface area contributed by atoms with Gasteiger partial charge in [-0.1, -0.05) is 46.3 Å². The molecule has 0 fully saturated rings. The van der Waals surface area contributed by atoms with Crippen LogP contribution in [0.2, 0.25) is 0 Å². The third-order valence-corrected chi connectivity index (χ3v) is 4.57. The molecule has 0 unspecified atom stereocenters. The number of para-hydroxylation sites is 1. The molecule has 0 aromatic heterocycles. The predicted octanol–water partition coefficient (Wildman–Crippen LogP) is 4.16. The van der Waals surface area contributed by atoms with Gasteiger partial charge in [0.25, 0.3) is 5.91 Å². The van der Waals surface area contributed by atoms with E-state index in [1.165, 1.54) is 0 Å². The molecule has 2 aromatic rings. The number of nitrogens with zero attached hydrogens (tertiary/aromatic N) is 1. The van der Waals surface area contributed by atoms with E-state index in [4.69, 9.17) is 4.74 Å². The van der Waals surface area contributed by atoms with Gasteiger partial charge in [0.15, 0.2) is 6.61 Å². The molecule has 0 bridgehead atoms. The Morgan fingerprint density at radius 2 is 1.68 bits per heavy atom. The van der Waals surface area contributed by atoms with Crippen molar-refractivity contribution in [2.75, 3.05) is 6.61 Å². The molecular formula is C22H27BrN2O3. The van der Waals surface area contributed by atoms with E-state index in [0.29, 0.717) is 12.3 Å². The number of rotatable bonds is 7. The second-order valence-electron chi connectivity index (χ2n) is 7.67. The van der Waals surface area contributed by atoms with Gasteiger partial charge in [0.05, 0.1) is 0 Å². The first-order valence-electron chi connectivity index (χ1n) is 9.19. The highest BCUT2D eigenvalue weighted by atomic mass is 79.9. The Labute approximate surface area is 175 Å². The number of ether oxygens (including phenoxy) is 1. The summed E-state index contributed by atoms with van der Waals surface area (Å²) in [7, 11) is 0. The summed E-state index contributed by atoms with van der Waals surface area (Å²) >= 11 is 3.41. The summed E-state index contributed by atoms with van der Waals surface area (Å²) in [6.07, 6.45) is 0. The molecule has 0 spiro atoms. The first-order valence-corrected chi connectivity index (χ1v) is 9.99. The molecule has 1 N–H and O–H groups in total. The Morgan fingerprint density at radius 3 is 2.25 bits per heavy atom. The van der Waals surface area contributed by atoms with Gasteiger partial charge in [0, 0.05) is 16.6 Å². The summed E-state index contributed by atoms with van der Waals surface area (Å²) in [6, 6.07) is 16.2. The van der Waals surface area contributed by atoms with Crippen LogP contribution in [0.3, 0.4) is 0 Å². The van der Waals surface area contributed by atoms with Crippen LogP contribution in [0.4, 0.5) is 0 Å². The summed E-state index contributed by atoms with van der Waals surface area (Å²) in [6.45, 7) is 7.67. The van der Waals surface area contributed by atoms with Gasteiger partial charge in [-0.15, -0.1) is 0 Å². The van der Waals surface area contributed by atoms with E-state index < -0.39 is 6.04 Å². The van der Waals surface area contributed by atoms with Crippen molar-refractivity contribution in [1.29, 1.82) is 0 Å². The minimum absolute atomic E-state index is 0.131. The van der Waals surface area contributed by atoms with E-state index in [9.17, 15) is 9.59 Å². The highest BCUT2D eigenvalue weighted by molar-refractivity contribution is 9.10. The van der Waals surface area contributed by atoms with Crippen molar-refractivity contribution in [1.82, 2.24) is 10.2 Å². The lowest BCUT2D eigenvalue weighted by molar-refractivity contribution is -0.142. The largest absolute Gasteiger partial charge is 0.484 e. The molecule has 28 heavy (non-hydrogen) atoms. The van der Waals surface area contributed by atoms with Crippen LogP contribution in [-0.2, 0) is 16.1 Å². The minimum atomic E-state index is -0.630. The minimum Gasteiger partial charge on any atom is -0.484 e. The van der Waals surface area contributed by atoms with Gasteiger partial charge in [-0.3, -0.25) is 9.59 Å². The molecule has 0 saturated heterocycles. The maximum absolute atomic E-state index is 12.9. The molecule has 2 rings (SSSR count). The Hall–Kier alpha value is -2.34. The lowest BCUT2D eigenvalue weighted by atomic mass is 10.1. The first kappa shape index (κ1) is 22.0. The molecular weight excluding hydrogens is 420 g/mol. The highest BCUT2D eigenvalue weighted by Gasteiger charge is 2.28. The zero-order chi connectivity index (χ0) is 20.7. The van der Waals surface area contributed by atoms with Gasteiger partial charge in [-0.2, -0.15) is 0 Å². The second-order valence-corrected chi connectivity index (χ2v) is 8.58. The Balaban J connectivity index is 2.15. The number of hydrogen-bond acceptors (Lipinski definition) is 3. The first-order chi connectivity index (χ1) is 13.2. The van der Waals surface area contributed by atoms with Crippen LogP contribution < -0.4 is 10.1 Å². The molecule has 2 aromatic carbocycles. The zero-order valence-corrected chi connectivity index (χ0v) is 18.3. The number of hydrogen-bond donors (Lipinski definition) is 1. The van der Waals surface area contributed by atoms with E-state index in [1.807, 2.05) is 63.2 Å². The van der Waals surface area contributed by atoms with Crippen molar-refractivity contribution in [3.63, 3.8) is 0 Å². The molecule has 1 atom stereocenters. The van der Waals surface area contributed by atoms with Gasteiger partial charge < -0.3 is 15.0 Å². The number of carbonyl (C=O) groups is 2.